The zero-order chi connectivity index (χ0) is 24.7. The first kappa shape index (κ1) is 24.2. The van der Waals surface area contributed by atoms with Crippen molar-refractivity contribution in [2.75, 3.05) is 32.0 Å². The zero-order valence-electron chi connectivity index (χ0n) is 20.3. The molecule has 0 radical (unpaired) electrons. The van der Waals surface area contributed by atoms with Gasteiger partial charge in [0.05, 0.1) is 5.56 Å². The number of carbonyl (C=O) groups excluding carboxylic acids is 2. The Balaban J connectivity index is 1.06. The fourth-order valence-corrected chi connectivity index (χ4v) is 5.41. The average molecular weight is 499 g/mol. The first-order valence-corrected chi connectivity index (χ1v) is 13.4. The lowest BCUT2D eigenvalue weighted by Crippen LogP contribution is -2.39. The second kappa shape index (κ2) is 11.5. The highest BCUT2D eigenvalue weighted by Crippen LogP contribution is 2.26. The Morgan fingerprint density at radius 1 is 0.806 bits per heavy atom. The van der Waals surface area contributed by atoms with Gasteiger partial charge in [-0.25, -0.2) is 4.79 Å². The van der Waals surface area contributed by atoms with Crippen LogP contribution in [-0.2, 0) is 11.3 Å². The Hall–Kier alpha value is -3.51. The van der Waals surface area contributed by atoms with Crippen molar-refractivity contribution in [3.8, 4) is 0 Å². The normalized spacial score (nSPS) is 14.8. The van der Waals surface area contributed by atoms with E-state index in [1.165, 1.54) is 17.8 Å². The van der Waals surface area contributed by atoms with Crippen LogP contribution in [-0.4, -0.2) is 53.5 Å². The number of nitrogens with zero attached hydrogens (tertiary/aromatic N) is 2. The van der Waals surface area contributed by atoms with Gasteiger partial charge in [-0.05, 0) is 60.9 Å². The monoisotopic (exact) mass is 498 g/mol. The molecule has 3 aromatic rings. The highest BCUT2D eigenvalue weighted by atomic mass is 32.2. The van der Waals surface area contributed by atoms with E-state index in [0.29, 0.717) is 29.1 Å². The summed E-state index contributed by atoms with van der Waals surface area (Å²) < 4.78 is 5.48. The van der Waals surface area contributed by atoms with E-state index in [1.807, 2.05) is 78.9 Å². The fraction of sp³-hybridized carbons (Fsp3) is 0.267. The maximum Gasteiger partial charge on any atom is 0.338 e. The first-order valence-electron chi connectivity index (χ1n) is 12.5. The molecule has 5 rings (SSSR count). The Morgan fingerprint density at radius 2 is 1.53 bits per heavy atom. The smallest absolute Gasteiger partial charge is 0.338 e. The van der Waals surface area contributed by atoms with E-state index in [0.717, 1.165) is 37.5 Å². The molecule has 0 N–H and O–H groups in total. The van der Waals surface area contributed by atoms with Gasteiger partial charge in [0, 0.05) is 48.0 Å². The van der Waals surface area contributed by atoms with E-state index in [9.17, 15) is 9.59 Å². The summed E-state index contributed by atoms with van der Waals surface area (Å²) >= 11 is 1.60. The lowest BCUT2D eigenvalue weighted by atomic mass is 10.0. The highest BCUT2D eigenvalue weighted by molar-refractivity contribution is 7.99. The second-order valence-corrected chi connectivity index (χ2v) is 10.2. The summed E-state index contributed by atoms with van der Waals surface area (Å²) in [6, 6.07) is 24.6. The van der Waals surface area contributed by atoms with Gasteiger partial charge in [-0.1, -0.05) is 42.5 Å². The molecular weight excluding hydrogens is 468 g/mol. The number of ether oxygens (including phenoxy) is 1. The molecule has 6 heteroatoms. The number of fused-ring (bicyclic) bond motifs is 1. The minimum atomic E-state index is -0.298. The van der Waals surface area contributed by atoms with Gasteiger partial charge in [0.25, 0.3) is 0 Å². The van der Waals surface area contributed by atoms with Gasteiger partial charge >= 0.3 is 5.97 Å². The van der Waals surface area contributed by atoms with Crippen molar-refractivity contribution in [2.24, 2.45) is 0 Å². The van der Waals surface area contributed by atoms with Crippen molar-refractivity contribution in [2.45, 2.75) is 24.3 Å². The maximum atomic E-state index is 12.5. The van der Waals surface area contributed by atoms with Crippen LogP contribution in [0.3, 0.4) is 0 Å². The molecule has 0 aromatic heterocycles. The molecule has 0 saturated carbocycles. The molecule has 0 amide bonds. The molecule has 0 spiro atoms. The summed E-state index contributed by atoms with van der Waals surface area (Å²) in [4.78, 5) is 30.9. The van der Waals surface area contributed by atoms with Gasteiger partial charge in [-0.3, -0.25) is 4.79 Å². The molecule has 36 heavy (non-hydrogen) atoms. The lowest BCUT2D eigenvalue weighted by molar-refractivity contribution is 0.0530. The van der Waals surface area contributed by atoms with Crippen molar-refractivity contribution in [3.05, 3.63) is 113 Å². The van der Waals surface area contributed by atoms with Crippen molar-refractivity contribution in [3.63, 3.8) is 0 Å². The van der Waals surface area contributed by atoms with Crippen LogP contribution in [0.5, 0.6) is 0 Å². The van der Waals surface area contributed by atoms with E-state index in [2.05, 4.69) is 15.9 Å². The molecule has 2 aliphatic rings. The SMILES string of the molecule is O=C(OCCSc1ccc(C(=O)c2ccccc2)cc1)c1ccc(CN2CCCN3CCC=C32)cc1. The van der Waals surface area contributed by atoms with Crippen LogP contribution in [0.15, 0.2) is 95.7 Å². The summed E-state index contributed by atoms with van der Waals surface area (Å²) in [7, 11) is 0. The number of hydrogen-bond donors (Lipinski definition) is 0. The van der Waals surface area contributed by atoms with Crippen molar-refractivity contribution >= 4 is 23.5 Å². The van der Waals surface area contributed by atoms with E-state index >= 15 is 0 Å². The van der Waals surface area contributed by atoms with Crippen LogP contribution in [0.1, 0.15) is 44.7 Å². The molecule has 1 saturated heterocycles. The third-order valence-corrected chi connectivity index (χ3v) is 7.51. The summed E-state index contributed by atoms with van der Waals surface area (Å²) in [5, 5.41) is 0. The number of thioether (sulfide) groups is 1. The van der Waals surface area contributed by atoms with Crippen LogP contribution < -0.4 is 0 Å². The number of rotatable bonds is 9. The van der Waals surface area contributed by atoms with E-state index in [-0.39, 0.29) is 11.8 Å². The molecule has 184 valence electrons. The lowest BCUT2D eigenvalue weighted by Gasteiger charge is -2.38. The first-order chi connectivity index (χ1) is 17.7. The summed E-state index contributed by atoms with van der Waals surface area (Å²) in [5.74, 6) is 1.73. The predicted molar refractivity (Wildman–Crippen MR) is 143 cm³/mol. The molecule has 0 bridgehead atoms. The predicted octanol–water partition coefficient (Wildman–Crippen LogP) is 5.62. The van der Waals surface area contributed by atoms with Crippen molar-refractivity contribution in [1.82, 2.24) is 9.80 Å². The largest absolute Gasteiger partial charge is 0.461 e. The van der Waals surface area contributed by atoms with Crippen LogP contribution in [0.4, 0.5) is 0 Å². The molecule has 0 unspecified atom stereocenters. The summed E-state index contributed by atoms with van der Waals surface area (Å²) in [5.41, 5.74) is 3.12. The van der Waals surface area contributed by atoms with Gasteiger partial charge in [-0.15, -0.1) is 11.8 Å². The molecule has 0 aliphatic carbocycles. The fourth-order valence-electron chi connectivity index (χ4n) is 4.68. The Labute approximate surface area is 216 Å². The van der Waals surface area contributed by atoms with Gasteiger partial charge in [0.2, 0.25) is 0 Å². The van der Waals surface area contributed by atoms with E-state index in [4.69, 9.17) is 4.74 Å². The molecule has 2 aliphatic heterocycles. The van der Waals surface area contributed by atoms with E-state index < -0.39 is 0 Å². The number of carbonyl (C=O) groups is 2. The van der Waals surface area contributed by atoms with Gasteiger partial charge in [0.15, 0.2) is 5.78 Å². The molecule has 0 atom stereocenters. The maximum absolute atomic E-state index is 12.5. The van der Waals surface area contributed by atoms with E-state index in [1.54, 1.807) is 11.8 Å². The summed E-state index contributed by atoms with van der Waals surface area (Å²) in [6.07, 6.45) is 4.66. The topological polar surface area (TPSA) is 49.9 Å². The molecule has 1 fully saturated rings. The summed E-state index contributed by atoms with van der Waals surface area (Å²) in [6.45, 7) is 4.56. The molecule has 2 heterocycles. The average Bonchev–Trinajstić information content (AvgIpc) is 3.42. The third-order valence-electron chi connectivity index (χ3n) is 6.53. The zero-order valence-corrected chi connectivity index (χ0v) is 21.1. The molecule has 5 nitrogen and oxygen atoms in total. The number of ketones is 1. The Kier molecular flexibility index (Phi) is 7.72. The van der Waals surface area contributed by atoms with Crippen LogP contribution >= 0.6 is 11.8 Å². The molecule has 3 aromatic carbocycles. The Morgan fingerprint density at radius 3 is 2.31 bits per heavy atom. The van der Waals surface area contributed by atoms with Crippen LogP contribution in [0.2, 0.25) is 0 Å². The minimum absolute atomic E-state index is 0.0145. The van der Waals surface area contributed by atoms with Crippen molar-refractivity contribution in [1.29, 1.82) is 0 Å². The van der Waals surface area contributed by atoms with Gasteiger partial charge in [0.1, 0.15) is 12.4 Å². The quantitative estimate of drug-likeness (QED) is 0.165. The van der Waals surface area contributed by atoms with Crippen LogP contribution in [0, 0.1) is 0 Å². The molecular formula is C30H30N2O3S. The second-order valence-electron chi connectivity index (χ2n) is 9.01. The van der Waals surface area contributed by atoms with Crippen molar-refractivity contribution < 1.29 is 14.3 Å². The number of benzene rings is 3. The van der Waals surface area contributed by atoms with Crippen LogP contribution in [0.25, 0.3) is 0 Å². The Bertz CT molecular complexity index is 1220. The van der Waals surface area contributed by atoms with Gasteiger partial charge < -0.3 is 14.5 Å². The number of esters is 1. The highest BCUT2D eigenvalue weighted by Gasteiger charge is 2.24. The third kappa shape index (κ3) is 5.82. The standard InChI is InChI=1S/C30H30N2O3S/c33-29(24-6-2-1-3-7-24)25-13-15-27(16-14-25)36-21-20-35-30(34)26-11-9-23(10-12-26)22-32-19-5-18-31-17-4-8-28(31)32/h1-3,6-16H,4-5,17-22H2. The number of hydrogen-bond acceptors (Lipinski definition) is 6. The minimum Gasteiger partial charge on any atom is -0.461 e. The van der Waals surface area contributed by atoms with Gasteiger partial charge in [-0.2, -0.15) is 0 Å².